The zero-order chi connectivity index (χ0) is 14.4. The van der Waals surface area contributed by atoms with Crippen LogP contribution < -0.4 is 15.4 Å². The minimum absolute atomic E-state index is 0.278. The number of nitrogens with two attached hydrogens (primary N) is 1. The average molecular weight is 278 g/mol. The molecule has 1 aromatic rings. The number of aliphatic hydroxyl groups excluding tert-OH is 1. The highest BCUT2D eigenvalue weighted by Gasteiger charge is 2.20. The maximum atomic E-state index is 9.10. The van der Waals surface area contributed by atoms with E-state index in [2.05, 4.69) is 17.9 Å². The van der Waals surface area contributed by atoms with E-state index in [1.54, 1.807) is 0 Å². The average Bonchev–Trinajstić information content (AvgIpc) is 2.45. The van der Waals surface area contributed by atoms with Gasteiger partial charge in [0.15, 0.2) is 0 Å². The first kappa shape index (κ1) is 15.0. The van der Waals surface area contributed by atoms with Crippen molar-refractivity contribution >= 4 is 11.4 Å². The Morgan fingerprint density at radius 3 is 3.00 bits per heavy atom. The maximum absolute atomic E-state index is 9.10. The highest BCUT2D eigenvalue weighted by molar-refractivity contribution is 5.60. The number of rotatable bonds is 6. The molecule has 1 saturated heterocycles. The fraction of sp³-hybridized carbons (Fsp3) is 0.625. The normalized spacial score (nSPS) is 19.1. The molecular formula is C16H26N2O2. The highest BCUT2D eigenvalue weighted by Crippen LogP contribution is 2.30. The number of nitrogens with zero attached hydrogens (tertiary/aromatic N) is 1. The van der Waals surface area contributed by atoms with Gasteiger partial charge in [-0.25, -0.2) is 0 Å². The van der Waals surface area contributed by atoms with Gasteiger partial charge in [0.2, 0.25) is 0 Å². The van der Waals surface area contributed by atoms with Crippen molar-refractivity contribution in [1.82, 2.24) is 0 Å². The van der Waals surface area contributed by atoms with Gasteiger partial charge in [-0.3, -0.25) is 0 Å². The van der Waals surface area contributed by atoms with E-state index in [-0.39, 0.29) is 6.61 Å². The van der Waals surface area contributed by atoms with E-state index in [9.17, 15) is 0 Å². The number of anilines is 2. The van der Waals surface area contributed by atoms with Crippen LogP contribution in [0.3, 0.4) is 0 Å². The molecule has 0 amide bonds. The summed E-state index contributed by atoms with van der Waals surface area (Å²) < 4.78 is 5.70. The summed E-state index contributed by atoms with van der Waals surface area (Å²) >= 11 is 0. The van der Waals surface area contributed by atoms with Crippen LogP contribution >= 0.6 is 0 Å². The van der Waals surface area contributed by atoms with Crippen LogP contribution in [-0.2, 0) is 0 Å². The van der Waals surface area contributed by atoms with Crippen LogP contribution in [-0.4, -0.2) is 31.4 Å². The molecule has 4 nitrogen and oxygen atoms in total. The molecule has 1 heterocycles. The lowest BCUT2D eigenvalue weighted by Crippen LogP contribution is -2.35. The van der Waals surface area contributed by atoms with Crippen molar-refractivity contribution in [3.05, 3.63) is 18.2 Å². The quantitative estimate of drug-likeness (QED) is 0.785. The number of piperidine rings is 1. The van der Waals surface area contributed by atoms with Crippen LogP contribution in [0.5, 0.6) is 5.75 Å². The predicted molar refractivity (Wildman–Crippen MR) is 83.3 cm³/mol. The number of hydrogen-bond acceptors (Lipinski definition) is 4. The van der Waals surface area contributed by atoms with E-state index in [1.165, 1.54) is 12.8 Å². The first-order chi connectivity index (χ1) is 9.72. The molecule has 1 aliphatic rings. The molecule has 4 heteroatoms. The third kappa shape index (κ3) is 4.04. The number of hydrogen-bond donors (Lipinski definition) is 2. The summed E-state index contributed by atoms with van der Waals surface area (Å²) in [5, 5.41) is 9.10. The van der Waals surface area contributed by atoms with Crippen molar-refractivity contribution in [2.45, 2.75) is 32.6 Å². The van der Waals surface area contributed by atoms with E-state index in [0.717, 1.165) is 49.7 Å². The first-order valence-corrected chi connectivity index (χ1v) is 7.62. The Hall–Kier alpha value is -1.42. The summed E-state index contributed by atoms with van der Waals surface area (Å²) in [6.45, 7) is 5.14. The topological polar surface area (TPSA) is 58.7 Å². The lowest BCUT2D eigenvalue weighted by atomic mass is 9.95. The summed E-state index contributed by atoms with van der Waals surface area (Å²) in [7, 11) is 0. The Bertz CT molecular complexity index is 421. The van der Waals surface area contributed by atoms with Crippen molar-refractivity contribution < 1.29 is 9.84 Å². The molecule has 1 aromatic carbocycles. The maximum Gasteiger partial charge on any atom is 0.123 e. The van der Waals surface area contributed by atoms with Crippen LogP contribution in [0.4, 0.5) is 11.4 Å². The van der Waals surface area contributed by atoms with Gasteiger partial charge in [-0.15, -0.1) is 0 Å². The zero-order valence-corrected chi connectivity index (χ0v) is 12.3. The van der Waals surface area contributed by atoms with Gasteiger partial charge in [0.1, 0.15) is 5.75 Å². The Kier molecular flexibility index (Phi) is 5.53. The minimum atomic E-state index is 0.278. The lowest BCUT2D eigenvalue weighted by Gasteiger charge is -2.34. The third-order valence-corrected chi connectivity index (χ3v) is 3.81. The molecule has 0 bridgehead atoms. The van der Waals surface area contributed by atoms with Crippen molar-refractivity contribution in [2.24, 2.45) is 5.92 Å². The summed E-state index contributed by atoms with van der Waals surface area (Å²) in [5.41, 5.74) is 7.87. The van der Waals surface area contributed by atoms with Crippen molar-refractivity contribution in [2.75, 3.05) is 36.9 Å². The van der Waals surface area contributed by atoms with E-state index in [1.807, 2.05) is 12.1 Å². The molecule has 20 heavy (non-hydrogen) atoms. The van der Waals surface area contributed by atoms with Gasteiger partial charge in [-0.2, -0.15) is 0 Å². The smallest absolute Gasteiger partial charge is 0.123 e. The summed E-state index contributed by atoms with van der Waals surface area (Å²) in [6, 6.07) is 5.97. The van der Waals surface area contributed by atoms with Crippen molar-refractivity contribution in [3.8, 4) is 5.75 Å². The van der Waals surface area contributed by atoms with Gasteiger partial charge >= 0.3 is 0 Å². The first-order valence-electron chi connectivity index (χ1n) is 7.62. The Balaban J connectivity index is 2.08. The molecule has 1 fully saturated rings. The number of ether oxygens (including phenoxy) is 1. The van der Waals surface area contributed by atoms with Gasteiger partial charge in [0, 0.05) is 43.2 Å². The van der Waals surface area contributed by atoms with Crippen LogP contribution in [0.2, 0.25) is 0 Å². The van der Waals surface area contributed by atoms with Gasteiger partial charge in [0.25, 0.3) is 0 Å². The number of nitrogen functional groups attached to an aromatic ring is 1. The largest absolute Gasteiger partial charge is 0.493 e. The second-order valence-corrected chi connectivity index (χ2v) is 5.58. The van der Waals surface area contributed by atoms with Crippen LogP contribution in [0, 0.1) is 5.92 Å². The van der Waals surface area contributed by atoms with Crippen molar-refractivity contribution in [3.63, 3.8) is 0 Å². The molecular weight excluding hydrogens is 252 g/mol. The third-order valence-electron chi connectivity index (χ3n) is 3.81. The van der Waals surface area contributed by atoms with E-state index >= 15 is 0 Å². The van der Waals surface area contributed by atoms with Crippen LogP contribution in [0.25, 0.3) is 0 Å². The lowest BCUT2D eigenvalue weighted by molar-refractivity contribution is 0.244. The molecule has 0 aliphatic carbocycles. The highest BCUT2D eigenvalue weighted by atomic mass is 16.5. The number of benzene rings is 1. The van der Waals surface area contributed by atoms with E-state index in [4.69, 9.17) is 15.6 Å². The monoisotopic (exact) mass is 278 g/mol. The van der Waals surface area contributed by atoms with E-state index in [0.29, 0.717) is 5.92 Å². The second kappa shape index (κ2) is 7.39. The minimum Gasteiger partial charge on any atom is -0.493 e. The SMILES string of the molecule is CCCOc1cc(N)cc(N2CCCC(CCO)C2)c1. The standard InChI is InChI=1S/C16H26N2O2/c1-2-8-20-16-10-14(17)9-15(11-16)18-6-3-4-13(12-18)5-7-19/h9-11,13,19H,2-8,12,17H2,1H3. The molecule has 0 saturated carbocycles. The molecule has 0 radical (unpaired) electrons. The second-order valence-electron chi connectivity index (χ2n) is 5.58. The fourth-order valence-corrected chi connectivity index (χ4v) is 2.81. The summed E-state index contributed by atoms with van der Waals surface area (Å²) in [5.74, 6) is 1.43. The molecule has 0 aromatic heterocycles. The van der Waals surface area contributed by atoms with Gasteiger partial charge in [0.05, 0.1) is 6.61 Å². The summed E-state index contributed by atoms with van der Waals surface area (Å²) in [6.07, 6.45) is 4.26. The van der Waals surface area contributed by atoms with Gasteiger partial charge in [-0.05, 0) is 37.7 Å². The fourth-order valence-electron chi connectivity index (χ4n) is 2.81. The van der Waals surface area contributed by atoms with Gasteiger partial charge in [-0.1, -0.05) is 6.92 Å². The molecule has 1 atom stereocenters. The molecule has 2 rings (SSSR count). The Labute approximate surface area is 121 Å². The molecule has 1 unspecified atom stereocenters. The van der Waals surface area contributed by atoms with Gasteiger partial charge < -0.3 is 20.5 Å². The molecule has 112 valence electrons. The number of aliphatic hydroxyl groups is 1. The predicted octanol–water partition coefficient (Wildman–Crippen LogP) is 2.66. The van der Waals surface area contributed by atoms with Crippen LogP contribution in [0.15, 0.2) is 18.2 Å². The zero-order valence-electron chi connectivity index (χ0n) is 12.3. The van der Waals surface area contributed by atoms with Crippen molar-refractivity contribution in [1.29, 1.82) is 0 Å². The molecule has 0 spiro atoms. The van der Waals surface area contributed by atoms with Crippen LogP contribution in [0.1, 0.15) is 32.6 Å². The van der Waals surface area contributed by atoms with E-state index < -0.39 is 0 Å². The Morgan fingerprint density at radius 1 is 1.40 bits per heavy atom. The summed E-state index contributed by atoms with van der Waals surface area (Å²) in [4.78, 5) is 2.36. The molecule has 1 aliphatic heterocycles. The molecule has 3 N–H and O–H groups in total. The Morgan fingerprint density at radius 2 is 2.25 bits per heavy atom.